The van der Waals surface area contributed by atoms with Gasteiger partial charge in [0.05, 0.1) is 6.20 Å². The number of hydrogen-bond acceptors (Lipinski definition) is 3. The molecule has 0 saturated heterocycles. The van der Waals surface area contributed by atoms with E-state index in [2.05, 4.69) is 20.8 Å². The van der Waals surface area contributed by atoms with Crippen LogP contribution in [0.1, 0.15) is 24.6 Å². The number of aromatic amines is 1. The van der Waals surface area contributed by atoms with Crippen LogP contribution in [0.4, 0.5) is 4.79 Å². The number of H-pyrrole nitrogens is 1. The highest BCUT2D eigenvalue weighted by molar-refractivity contribution is 5.86. The van der Waals surface area contributed by atoms with Crippen molar-refractivity contribution in [2.75, 3.05) is 6.54 Å². The largest absolute Gasteiger partial charge is 0.354 e. The van der Waals surface area contributed by atoms with Crippen molar-refractivity contribution in [2.45, 2.75) is 32.7 Å². The van der Waals surface area contributed by atoms with Gasteiger partial charge in [-0.25, -0.2) is 4.79 Å². The second kappa shape index (κ2) is 6.63. The van der Waals surface area contributed by atoms with E-state index >= 15 is 0 Å². The Hall–Kier alpha value is -2.05. The van der Waals surface area contributed by atoms with Crippen LogP contribution in [0.3, 0.4) is 0 Å². The Kier molecular flexibility index (Phi) is 5.16. The summed E-state index contributed by atoms with van der Waals surface area (Å²) in [5.74, 6) is -0.238. The molecule has 1 aromatic rings. The van der Waals surface area contributed by atoms with Gasteiger partial charge < -0.3 is 16.4 Å². The van der Waals surface area contributed by atoms with Gasteiger partial charge in [0.2, 0.25) is 5.91 Å². The zero-order valence-electron chi connectivity index (χ0n) is 10.6. The lowest BCUT2D eigenvalue weighted by atomic mass is 10.1. The number of primary amides is 1. The molecule has 5 N–H and O–H groups in total. The van der Waals surface area contributed by atoms with Gasteiger partial charge in [-0.05, 0) is 32.3 Å². The van der Waals surface area contributed by atoms with E-state index in [4.69, 9.17) is 5.73 Å². The average molecular weight is 253 g/mol. The topological polar surface area (TPSA) is 113 Å². The summed E-state index contributed by atoms with van der Waals surface area (Å²) in [7, 11) is 0. The Morgan fingerprint density at radius 1 is 1.56 bits per heavy atom. The molecular formula is C11H19N5O2. The van der Waals surface area contributed by atoms with Crippen molar-refractivity contribution in [1.82, 2.24) is 20.8 Å². The number of nitrogens with two attached hydrogens (primary N) is 1. The summed E-state index contributed by atoms with van der Waals surface area (Å²) in [6.07, 6.45) is 3.45. The fraction of sp³-hybridized carbons (Fsp3) is 0.545. The second-order valence-corrected chi connectivity index (χ2v) is 4.15. The Bertz CT molecular complexity index is 415. The predicted molar refractivity (Wildman–Crippen MR) is 66.8 cm³/mol. The zero-order chi connectivity index (χ0) is 13.5. The molecule has 1 atom stereocenters. The van der Waals surface area contributed by atoms with Crippen molar-refractivity contribution < 1.29 is 9.59 Å². The Morgan fingerprint density at radius 3 is 2.83 bits per heavy atom. The smallest absolute Gasteiger partial charge is 0.312 e. The summed E-state index contributed by atoms with van der Waals surface area (Å²) < 4.78 is 0. The molecule has 18 heavy (non-hydrogen) atoms. The van der Waals surface area contributed by atoms with E-state index < -0.39 is 12.1 Å². The van der Waals surface area contributed by atoms with Crippen LogP contribution < -0.4 is 16.4 Å². The number of aromatic nitrogens is 2. The van der Waals surface area contributed by atoms with E-state index in [1.54, 1.807) is 13.1 Å². The van der Waals surface area contributed by atoms with E-state index in [0.717, 1.165) is 24.1 Å². The molecule has 0 fully saturated rings. The molecule has 0 saturated carbocycles. The third kappa shape index (κ3) is 4.44. The molecule has 3 amide bonds. The number of carbonyl (C=O) groups excluding carboxylic acids is 2. The van der Waals surface area contributed by atoms with E-state index in [0.29, 0.717) is 6.54 Å². The van der Waals surface area contributed by atoms with Crippen molar-refractivity contribution >= 4 is 11.9 Å². The molecule has 1 aromatic heterocycles. The Morgan fingerprint density at radius 2 is 2.28 bits per heavy atom. The molecule has 0 radical (unpaired) electrons. The summed E-state index contributed by atoms with van der Waals surface area (Å²) in [5, 5.41) is 11.8. The summed E-state index contributed by atoms with van der Waals surface area (Å²) >= 11 is 0. The number of carbonyl (C=O) groups is 2. The lowest BCUT2D eigenvalue weighted by molar-refractivity contribution is -0.122. The molecular weight excluding hydrogens is 234 g/mol. The van der Waals surface area contributed by atoms with Crippen LogP contribution in [0.5, 0.6) is 0 Å². The first-order valence-electron chi connectivity index (χ1n) is 5.83. The minimum absolute atomic E-state index is 0.238. The van der Waals surface area contributed by atoms with Gasteiger partial charge in [-0.15, -0.1) is 0 Å². The van der Waals surface area contributed by atoms with Crippen molar-refractivity contribution in [3.05, 3.63) is 17.5 Å². The highest BCUT2D eigenvalue weighted by atomic mass is 16.2. The highest BCUT2D eigenvalue weighted by Crippen LogP contribution is 2.04. The van der Waals surface area contributed by atoms with Gasteiger partial charge >= 0.3 is 6.03 Å². The van der Waals surface area contributed by atoms with E-state index in [1.165, 1.54) is 0 Å². The highest BCUT2D eigenvalue weighted by Gasteiger charge is 2.12. The van der Waals surface area contributed by atoms with Crippen LogP contribution >= 0.6 is 0 Å². The van der Waals surface area contributed by atoms with Crippen molar-refractivity contribution in [3.63, 3.8) is 0 Å². The normalized spacial score (nSPS) is 11.9. The SMILES string of the molecule is Cc1[nH]ncc1CCCNC(=O)C(C)NC(N)=O. The number of nitrogens with zero attached hydrogens (tertiary/aromatic N) is 1. The van der Waals surface area contributed by atoms with Crippen LogP contribution in [0.15, 0.2) is 6.20 Å². The molecule has 1 unspecified atom stereocenters. The van der Waals surface area contributed by atoms with Gasteiger partial charge in [0.25, 0.3) is 0 Å². The van der Waals surface area contributed by atoms with Gasteiger partial charge in [0.15, 0.2) is 0 Å². The quantitative estimate of drug-likeness (QED) is 0.527. The number of urea groups is 1. The monoisotopic (exact) mass is 253 g/mol. The third-order valence-corrected chi connectivity index (χ3v) is 2.61. The molecule has 0 spiro atoms. The molecule has 1 heterocycles. The first-order chi connectivity index (χ1) is 8.50. The maximum absolute atomic E-state index is 11.5. The van der Waals surface area contributed by atoms with Crippen LogP contribution in [0.2, 0.25) is 0 Å². The summed E-state index contributed by atoms with van der Waals surface area (Å²) in [6, 6.07) is -1.31. The Balaban J connectivity index is 2.20. The maximum Gasteiger partial charge on any atom is 0.312 e. The molecule has 0 aromatic carbocycles. The number of hydrogen-bond donors (Lipinski definition) is 4. The molecule has 7 heteroatoms. The fourth-order valence-electron chi connectivity index (χ4n) is 1.55. The lowest BCUT2D eigenvalue weighted by Gasteiger charge is -2.12. The molecule has 100 valence electrons. The van der Waals surface area contributed by atoms with E-state index in [9.17, 15) is 9.59 Å². The van der Waals surface area contributed by atoms with Crippen LogP contribution in [-0.2, 0) is 11.2 Å². The van der Waals surface area contributed by atoms with Gasteiger partial charge in [-0.2, -0.15) is 5.10 Å². The molecule has 0 bridgehead atoms. The molecule has 1 rings (SSSR count). The average Bonchev–Trinajstić information content (AvgIpc) is 2.69. The minimum Gasteiger partial charge on any atom is -0.354 e. The van der Waals surface area contributed by atoms with Crippen molar-refractivity contribution in [1.29, 1.82) is 0 Å². The van der Waals surface area contributed by atoms with E-state index in [1.807, 2.05) is 6.92 Å². The summed E-state index contributed by atoms with van der Waals surface area (Å²) in [4.78, 5) is 22.1. The summed E-state index contributed by atoms with van der Waals surface area (Å²) in [5.41, 5.74) is 7.12. The summed E-state index contributed by atoms with van der Waals surface area (Å²) in [6.45, 7) is 4.09. The second-order valence-electron chi connectivity index (χ2n) is 4.15. The van der Waals surface area contributed by atoms with Gasteiger partial charge in [-0.1, -0.05) is 0 Å². The minimum atomic E-state index is -0.702. The van der Waals surface area contributed by atoms with Crippen LogP contribution in [0, 0.1) is 6.92 Å². The standard InChI is InChI=1S/C11H19N5O2/c1-7-9(6-14-16-7)4-3-5-13-10(17)8(2)15-11(12)18/h6,8H,3-5H2,1-2H3,(H,13,17)(H,14,16)(H3,12,15,18). The van der Waals surface area contributed by atoms with Crippen molar-refractivity contribution in [3.8, 4) is 0 Å². The van der Waals surface area contributed by atoms with Crippen molar-refractivity contribution in [2.24, 2.45) is 5.73 Å². The van der Waals surface area contributed by atoms with Crippen LogP contribution in [-0.4, -0.2) is 34.7 Å². The number of amides is 3. The van der Waals surface area contributed by atoms with Gasteiger partial charge in [0, 0.05) is 12.2 Å². The lowest BCUT2D eigenvalue weighted by Crippen LogP contribution is -2.46. The number of aryl methyl sites for hydroxylation is 2. The number of rotatable bonds is 6. The molecule has 0 aliphatic rings. The van der Waals surface area contributed by atoms with Gasteiger partial charge in [-0.3, -0.25) is 9.89 Å². The van der Waals surface area contributed by atoms with E-state index in [-0.39, 0.29) is 5.91 Å². The molecule has 0 aliphatic carbocycles. The third-order valence-electron chi connectivity index (χ3n) is 2.61. The first-order valence-corrected chi connectivity index (χ1v) is 5.83. The van der Waals surface area contributed by atoms with Gasteiger partial charge in [0.1, 0.15) is 6.04 Å². The molecule has 0 aliphatic heterocycles. The zero-order valence-corrected chi connectivity index (χ0v) is 10.6. The maximum atomic E-state index is 11.5. The first kappa shape index (κ1) is 14.0. The molecule has 7 nitrogen and oxygen atoms in total. The van der Waals surface area contributed by atoms with Crippen LogP contribution in [0.25, 0.3) is 0 Å². The number of nitrogens with one attached hydrogen (secondary N) is 3. The predicted octanol–water partition coefficient (Wildman–Crippen LogP) is -0.176. The Labute approximate surface area is 106 Å². The fourth-order valence-corrected chi connectivity index (χ4v) is 1.55.